The van der Waals surface area contributed by atoms with Gasteiger partial charge in [0.15, 0.2) is 0 Å². The summed E-state index contributed by atoms with van der Waals surface area (Å²) in [7, 11) is -4.16. The zero-order chi connectivity index (χ0) is 14.0. The molecule has 102 valence electrons. The van der Waals surface area contributed by atoms with Gasteiger partial charge < -0.3 is 10.2 Å². The highest BCUT2D eigenvalue weighted by atomic mass is 79.9. The van der Waals surface area contributed by atoms with Crippen molar-refractivity contribution in [1.82, 2.24) is 4.72 Å². The maximum atomic E-state index is 13.6. The van der Waals surface area contributed by atoms with Crippen molar-refractivity contribution in [3.05, 3.63) is 28.5 Å². The van der Waals surface area contributed by atoms with Crippen molar-refractivity contribution in [3.63, 3.8) is 0 Å². The van der Waals surface area contributed by atoms with Crippen molar-refractivity contribution in [2.75, 3.05) is 13.2 Å². The van der Waals surface area contributed by atoms with E-state index >= 15 is 0 Å². The highest BCUT2D eigenvalue weighted by Crippen LogP contribution is 2.20. The first-order valence-electron chi connectivity index (χ1n) is 4.95. The number of sulfonamides is 1. The Balaban J connectivity index is 3.15. The van der Waals surface area contributed by atoms with Crippen molar-refractivity contribution in [2.24, 2.45) is 0 Å². The van der Waals surface area contributed by atoms with Crippen LogP contribution in [-0.4, -0.2) is 37.4 Å². The summed E-state index contributed by atoms with van der Waals surface area (Å²) in [5.41, 5.74) is -1.45. The first-order valence-corrected chi connectivity index (χ1v) is 7.22. The Bertz CT molecular complexity index is 531. The molecule has 0 amide bonds. The van der Waals surface area contributed by atoms with Crippen LogP contribution in [0.3, 0.4) is 0 Å². The second-order valence-electron chi connectivity index (χ2n) is 4.06. The lowest BCUT2D eigenvalue weighted by Gasteiger charge is -2.25. The minimum Gasteiger partial charge on any atom is -0.394 e. The molecule has 0 spiro atoms. The van der Waals surface area contributed by atoms with Gasteiger partial charge in [-0.3, -0.25) is 0 Å². The number of hydrogen-bond donors (Lipinski definition) is 3. The van der Waals surface area contributed by atoms with Crippen LogP contribution in [-0.2, 0) is 10.0 Å². The van der Waals surface area contributed by atoms with Crippen LogP contribution in [0.1, 0.15) is 6.92 Å². The molecule has 18 heavy (non-hydrogen) atoms. The number of nitrogens with one attached hydrogen (secondary N) is 1. The van der Waals surface area contributed by atoms with Crippen LogP contribution in [0.2, 0.25) is 0 Å². The molecule has 0 heterocycles. The van der Waals surface area contributed by atoms with Crippen LogP contribution in [0, 0.1) is 5.82 Å². The molecule has 3 N–H and O–H groups in total. The van der Waals surface area contributed by atoms with Gasteiger partial charge in [0.05, 0.1) is 18.8 Å². The van der Waals surface area contributed by atoms with Crippen LogP contribution < -0.4 is 4.72 Å². The number of benzene rings is 1. The molecule has 0 fully saturated rings. The molecule has 0 aliphatic heterocycles. The zero-order valence-electron chi connectivity index (χ0n) is 9.52. The topological polar surface area (TPSA) is 86.6 Å². The third kappa shape index (κ3) is 3.48. The van der Waals surface area contributed by atoms with Gasteiger partial charge in [0.25, 0.3) is 0 Å². The largest absolute Gasteiger partial charge is 0.394 e. The molecule has 0 aliphatic carbocycles. The van der Waals surface area contributed by atoms with Gasteiger partial charge in [0.2, 0.25) is 10.0 Å². The van der Waals surface area contributed by atoms with Crippen LogP contribution in [0.15, 0.2) is 27.6 Å². The summed E-state index contributed by atoms with van der Waals surface area (Å²) in [5.74, 6) is -0.921. The molecule has 0 bridgehead atoms. The standard InChI is InChI=1S/C10H13BrFNO4S/c1-10(5-14,6-15)13-18(16,17)9-3-2-7(11)4-8(9)12/h2-4,13-15H,5-6H2,1H3. The predicted molar refractivity (Wildman–Crippen MR) is 67.0 cm³/mol. The van der Waals surface area contributed by atoms with Gasteiger partial charge in [0, 0.05) is 4.47 Å². The lowest BCUT2D eigenvalue weighted by Crippen LogP contribution is -2.51. The predicted octanol–water partition coefficient (Wildman–Crippen LogP) is 0.610. The van der Waals surface area contributed by atoms with E-state index < -0.39 is 39.5 Å². The van der Waals surface area contributed by atoms with Crippen molar-refractivity contribution < 1.29 is 23.0 Å². The molecule has 5 nitrogen and oxygen atoms in total. The highest BCUT2D eigenvalue weighted by molar-refractivity contribution is 9.10. The summed E-state index contributed by atoms with van der Waals surface area (Å²) in [6, 6.07) is 3.49. The molecule has 1 aromatic carbocycles. The normalized spacial score (nSPS) is 12.7. The number of rotatable bonds is 5. The number of aliphatic hydroxyl groups is 2. The first kappa shape index (κ1) is 15.5. The van der Waals surface area contributed by atoms with E-state index in [-0.39, 0.29) is 0 Å². The lowest BCUT2D eigenvalue weighted by atomic mass is 10.1. The first-order chi connectivity index (χ1) is 8.24. The average molecular weight is 342 g/mol. The summed E-state index contributed by atoms with van der Waals surface area (Å²) in [5, 5.41) is 18.0. The fraction of sp³-hybridized carbons (Fsp3) is 0.400. The van der Waals surface area contributed by atoms with Gasteiger partial charge in [-0.2, -0.15) is 0 Å². The van der Waals surface area contributed by atoms with Gasteiger partial charge in [-0.15, -0.1) is 0 Å². The molecule has 8 heteroatoms. The Hall–Kier alpha value is -0.540. The third-order valence-corrected chi connectivity index (χ3v) is 4.43. The van der Waals surface area contributed by atoms with Gasteiger partial charge in [-0.1, -0.05) is 15.9 Å². The Morgan fingerprint density at radius 2 is 1.94 bits per heavy atom. The van der Waals surface area contributed by atoms with E-state index in [2.05, 4.69) is 20.7 Å². The fourth-order valence-electron chi connectivity index (χ4n) is 1.19. The van der Waals surface area contributed by atoms with Gasteiger partial charge in [-0.25, -0.2) is 17.5 Å². The Morgan fingerprint density at radius 1 is 1.39 bits per heavy atom. The maximum Gasteiger partial charge on any atom is 0.244 e. The molecule has 1 aromatic rings. The van der Waals surface area contributed by atoms with Gasteiger partial charge in [0.1, 0.15) is 10.7 Å². The van der Waals surface area contributed by atoms with Crippen molar-refractivity contribution in [2.45, 2.75) is 17.4 Å². The Labute approximate surface area is 113 Å². The zero-order valence-corrected chi connectivity index (χ0v) is 11.9. The number of aliphatic hydroxyl groups excluding tert-OH is 2. The average Bonchev–Trinajstić information content (AvgIpc) is 2.27. The van der Waals surface area contributed by atoms with E-state index in [0.717, 1.165) is 12.1 Å². The smallest absolute Gasteiger partial charge is 0.244 e. The second-order valence-corrected chi connectivity index (χ2v) is 6.62. The molecule has 0 saturated carbocycles. The Kier molecular flexibility index (Phi) is 4.84. The lowest BCUT2D eigenvalue weighted by molar-refractivity contribution is 0.121. The second kappa shape index (κ2) is 5.62. The molecule has 0 atom stereocenters. The highest BCUT2D eigenvalue weighted by Gasteiger charge is 2.31. The minimum atomic E-state index is -4.16. The number of hydrogen-bond acceptors (Lipinski definition) is 4. The summed E-state index contributed by atoms with van der Waals surface area (Å²) in [6.07, 6.45) is 0. The molecule has 0 aromatic heterocycles. The van der Waals surface area contributed by atoms with E-state index in [1.54, 1.807) is 0 Å². The van der Waals surface area contributed by atoms with Crippen LogP contribution in [0.25, 0.3) is 0 Å². The molecule has 1 rings (SSSR count). The van der Waals surface area contributed by atoms with E-state index in [9.17, 15) is 12.8 Å². The van der Waals surface area contributed by atoms with Crippen LogP contribution in [0.5, 0.6) is 0 Å². The van der Waals surface area contributed by atoms with Crippen molar-refractivity contribution in [1.29, 1.82) is 0 Å². The molecule has 0 saturated heterocycles. The molecular weight excluding hydrogens is 329 g/mol. The maximum absolute atomic E-state index is 13.6. The fourth-order valence-corrected chi connectivity index (χ4v) is 2.97. The van der Waals surface area contributed by atoms with E-state index in [4.69, 9.17) is 10.2 Å². The summed E-state index contributed by atoms with van der Waals surface area (Å²) < 4.78 is 39.8. The minimum absolute atomic E-state index is 0.408. The van der Waals surface area contributed by atoms with Crippen molar-refractivity contribution >= 4 is 26.0 Å². The SMILES string of the molecule is CC(CO)(CO)NS(=O)(=O)c1ccc(Br)cc1F. The molecule has 0 radical (unpaired) electrons. The summed E-state index contributed by atoms with van der Waals surface area (Å²) in [6.45, 7) is 0.0864. The monoisotopic (exact) mass is 341 g/mol. The summed E-state index contributed by atoms with van der Waals surface area (Å²) >= 11 is 3.02. The summed E-state index contributed by atoms with van der Waals surface area (Å²) in [4.78, 5) is -0.543. The Morgan fingerprint density at radius 3 is 2.39 bits per heavy atom. The van der Waals surface area contributed by atoms with Gasteiger partial charge in [-0.05, 0) is 25.1 Å². The number of halogens is 2. The van der Waals surface area contributed by atoms with Gasteiger partial charge >= 0.3 is 0 Å². The van der Waals surface area contributed by atoms with Crippen molar-refractivity contribution in [3.8, 4) is 0 Å². The van der Waals surface area contributed by atoms with E-state index in [1.807, 2.05) is 0 Å². The van der Waals surface area contributed by atoms with E-state index in [0.29, 0.717) is 4.47 Å². The molecule has 0 unspecified atom stereocenters. The van der Waals surface area contributed by atoms with Crippen LogP contribution >= 0.6 is 15.9 Å². The van der Waals surface area contributed by atoms with Crippen LogP contribution in [0.4, 0.5) is 4.39 Å². The van der Waals surface area contributed by atoms with E-state index in [1.165, 1.54) is 13.0 Å². The third-order valence-electron chi connectivity index (χ3n) is 2.26. The molecular formula is C10H13BrFNO4S. The molecule has 0 aliphatic rings. The quantitative estimate of drug-likeness (QED) is 0.732.